The predicted octanol–water partition coefficient (Wildman–Crippen LogP) is 6.13. The standard InChI is InChI=1S/C20H14Cl4N2O3S/c21-13-9-10-18(16(23)11-13)26(30(28,29)14-5-2-1-3-6-14)12-19(27)25-17-8-4-7-15(22)20(17)24/h1-11H,12H2,(H,25,27). The normalized spacial score (nSPS) is 11.2. The van der Waals surface area contributed by atoms with Crippen LogP contribution in [-0.4, -0.2) is 20.9 Å². The SMILES string of the molecule is O=C(CN(c1ccc(Cl)cc1Cl)S(=O)(=O)c1ccccc1)Nc1cccc(Cl)c1Cl. The van der Waals surface area contributed by atoms with Gasteiger partial charge in [-0.2, -0.15) is 0 Å². The number of hydrogen-bond donors (Lipinski definition) is 1. The van der Waals surface area contributed by atoms with Gasteiger partial charge in [0.05, 0.1) is 31.3 Å². The first-order valence-corrected chi connectivity index (χ1v) is 11.4. The average Bonchev–Trinajstić information content (AvgIpc) is 2.71. The summed E-state index contributed by atoms with van der Waals surface area (Å²) in [7, 11) is -4.11. The minimum absolute atomic E-state index is 0.00426. The fourth-order valence-corrected chi connectivity index (χ4v) is 4.99. The maximum atomic E-state index is 13.3. The lowest BCUT2D eigenvalue weighted by Crippen LogP contribution is -2.38. The van der Waals surface area contributed by atoms with Crippen LogP contribution in [0.5, 0.6) is 0 Å². The molecule has 156 valence electrons. The fraction of sp³-hybridized carbons (Fsp3) is 0.0500. The van der Waals surface area contributed by atoms with Crippen molar-refractivity contribution in [3.05, 3.63) is 86.8 Å². The molecule has 0 radical (unpaired) electrons. The molecular weight excluding hydrogens is 490 g/mol. The Kier molecular flexibility index (Phi) is 7.16. The summed E-state index contributed by atoms with van der Waals surface area (Å²) in [6, 6.07) is 16.8. The Morgan fingerprint density at radius 2 is 1.57 bits per heavy atom. The molecule has 3 aromatic carbocycles. The van der Waals surface area contributed by atoms with E-state index in [1.165, 1.54) is 30.3 Å². The van der Waals surface area contributed by atoms with Crippen molar-refractivity contribution >= 4 is 73.7 Å². The predicted molar refractivity (Wildman–Crippen MR) is 123 cm³/mol. The molecule has 0 spiro atoms. The number of sulfonamides is 1. The molecule has 0 saturated carbocycles. The fourth-order valence-electron chi connectivity index (χ4n) is 2.62. The van der Waals surface area contributed by atoms with Gasteiger partial charge in [0.25, 0.3) is 10.0 Å². The van der Waals surface area contributed by atoms with Gasteiger partial charge in [-0.25, -0.2) is 8.42 Å². The van der Waals surface area contributed by atoms with E-state index in [0.717, 1.165) is 4.31 Å². The third-order valence-corrected chi connectivity index (χ3v) is 7.15. The first-order chi connectivity index (χ1) is 14.2. The topological polar surface area (TPSA) is 66.5 Å². The zero-order valence-electron chi connectivity index (χ0n) is 15.2. The van der Waals surface area contributed by atoms with Gasteiger partial charge in [-0.3, -0.25) is 9.10 Å². The highest BCUT2D eigenvalue weighted by atomic mass is 35.5. The minimum Gasteiger partial charge on any atom is -0.323 e. The monoisotopic (exact) mass is 502 g/mol. The van der Waals surface area contributed by atoms with Gasteiger partial charge >= 0.3 is 0 Å². The molecule has 0 atom stereocenters. The van der Waals surface area contributed by atoms with Crippen LogP contribution >= 0.6 is 46.4 Å². The molecule has 1 amide bonds. The van der Waals surface area contributed by atoms with Crippen LogP contribution < -0.4 is 9.62 Å². The second-order valence-corrected chi connectivity index (χ2v) is 9.56. The highest BCUT2D eigenvalue weighted by molar-refractivity contribution is 7.92. The molecule has 30 heavy (non-hydrogen) atoms. The van der Waals surface area contributed by atoms with Crippen molar-refractivity contribution in [3.8, 4) is 0 Å². The van der Waals surface area contributed by atoms with Gasteiger partial charge in [0.1, 0.15) is 6.54 Å². The number of nitrogens with zero attached hydrogens (tertiary/aromatic N) is 1. The Labute approximate surface area is 194 Å². The van der Waals surface area contributed by atoms with Gasteiger partial charge in [-0.15, -0.1) is 0 Å². The number of carbonyl (C=O) groups is 1. The van der Waals surface area contributed by atoms with E-state index in [1.54, 1.807) is 36.4 Å². The van der Waals surface area contributed by atoms with Crippen LogP contribution in [0, 0.1) is 0 Å². The van der Waals surface area contributed by atoms with Crippen molar-refractivity contribution < 1.29 is 13.2 Å². The van der Waals surface area contributed by atoms with E-state index in [1.807, 2.05) is 0 Å². The van der Waals surface area contributed by atoms with Crippen LogP contribution in [0.2, 0.25) is 20.1 Å². The van der Waals surface area contributed by atoms with Crippen molar-refractivity contribution in [2.75, 3.05) is 16.2 Å². The maximum Gasteiger partial charge on any atom is 0.264 e. The van der Waals surface area contributed by atoms with Gasteiger partial charge in [-0.05, 0) is 42.5 Å². The molecule has 0 unspecified atom stereocenters. The van der Waals surface area contributed by atoms with Crippen molar-refractivity contribution in [3.63, 3.8) is 0 Å². The molecule has 0 aliphatic carbocycles. The summed E-state index contributed by atoms with van der Waals surface area (Å²) < 4.78 is 27.5. The molecular formula is C20H14Cl4N2O3S. The lowest BCUT2D eigenvalue weighted by atomic mass is 10.3. The second-order valence-electron chi connectivity index (χ2n) is 6.07. The quantitative estimate of drug-likeness (QED) is 0.439. The number of hydrogen-bond acceptors (Lipinski definition) is 3. The molecule has 5 nitrogen and oxygen atoms in total. The van der Waals surface area contributed by atoms with Gasteiger partial charge in [-0.1, -0.05) is 70.7 Å². The van der Waals surface area contributed by atoms with Crippen molar-refractivity contribution in [2.24, 2.45) is 0 Å². The Morgan fingerprint density at radius 1 is 0.867 bits per heavy atom. The summed E-state index contributed by atoms with van der Waals surface area (Å²) in [5.41, 5.74) is 0.366. The summed E-state index contributed by atoms with van der Waals surface area (Å²) in [4.78, 5) is 12.7. The number of amides is 1. The van der Waals surface area contributed by atoms with Crippen LogP contribution in [0.4, 0.5) is 11.4 Å². The molecule has 1 N–H and O–H groups in total. The Bertz CT molecular complexity index is 1190. The molecule has 0 heterocycles. The van der Waals surface area contributed by atoms with E-state index < -0.39 is 22.5 Å². The molecule has 3 aromatic rings. The van der Waals surface area contributed by atoms with Gasteiger partial charge < -0.3 is 5.32 Å². The van der Waals surface area contributed by atoms with Crippen LogP contribution in [0.25, 0.3) is 0 Å². The van der Waals surface area contributed by atoms with Gasteiger partial charge in [0.15, 0.2) is 0 Å². The number of anilines is 2. The van der Waals surface area contributed by atoms with Crippen LogP contribution in [-0.2, 0) is 14.8 Å². The molecule has 3 rings (SSSR count). The van der Waals surface area contributed by atoms with Crippen molar-refractivity contribution in [2.45, 2.75) is 4.90 Å². The highest BCUT2D eigenvalue weighted by Crippen LogP contribution is 2.33. The molecule has 0 aliphatic heterocycles. The summed E-state index contributed by atoms with van der Waals surface area (Å²) in [6.45, 7) is -0.554. The second kappa shape index (κ2) is 9.45. The summed E-state index contributed by atoms with van der Waals surface area (Å²) >= 11 is 24.3. The zero-order chi connectivity index (χ0) is 21.9. The molecule has 0 aliphatic rings. The minimum atomic E-state index is -4.11. The van der Waals surface area contributed by atoms with Gasteiger partial charge in [0, 0.05) is 5.02 Å². The van der Waals surface area contributed by atoms with E-state index in [4.69, 9.17) is 46.4 Å². The average molecular weight is 504 g/mol. The molecule has 0 fully saturated rings. The molecule has 0 saturated heterocycles. The van der Waals surface area contributed by atoms with Crippen LogP contribution in [0.15, 0.2) is 71.6 Å². The van der Waals surface area contributed by atoms with Crippen LogP contribution in [0.3, 0.4) is 0 Å². The number of halogens is 4. The lowest BCUT2D eigenvalue weighted by molar-refractivity contribution is -0.114. The Morgan fingerprint density at radius 3 is 2.23 bits per heavy atom. The summed E-state index contributed by atoms with van der Waals surface area (Å²) in [6.07, 6.45) is 0. The van der Waals surface area contributed by atoms with Gasteiger partial charge in [0.2, 0.25) is 5.91 Å². The maximum absolute atomic E-state index is 13.3. The first-order valence-electron chi connectivity index (χ1n) is 8.47. The van der Waals surface area contributed by atoms with Crippen molar-refractivity contribution in [1.29, 1.82) is 0 Å². The number of carbonyl (C=O) groups excluding carboxylic acids is 1. The number of benzene rings is 3. The summed E-state index contributed by atoms with van der Waals surface area (Å²) in [5, 5.41) is 3.39. The first kappa shape index (κ1) is 22.7. The number of rotatable bonds is 6. The van der Waals surface area contributed by atoms with E-state index in [2.05, 4.69) is 5.32 Å². The highest BCUT2D eigenvalue weighted by Gasteiger charge is 2.29. The molecule has 0 aromatic heterocycles. The summed E-state index contributed by atoms with van der Waals surface area (Å²) in [5.74, 6) is -0.635. The third-order valence-electron chi connectivity index (χ3n) is 4.02. The number of nitrogens with one attached hydrogen (secondary N) is 1. The van der Waals surface area contributed by atoms with E-state index in [0.29, 0.717) is 5.02 Å². The largest absolute Gasteiger partial charge is 0.323 e. The molecule has 0 bridgehead atoms. The van der Waals surface area contributed by atoms with E-state index in [9.17, 15) is 13.2 Å². The van der Waals surface area contributed by atoms with Crippen molar-refractivity contribution in [1.82, 2.24) is 0 Å². The smallest absolute Gasteiger partial charge is 0.264 e. The lowest BCUT2D eigenvalue weighted by Gasteiger charge is -2.25. The van der Waals surface area contributed by atoms with E-state index >= 15 is 0 Å². The Balaban J connectivity index is 1.99. The Hall–Kier alpha value is -1.96. The third kappa shape index (κ3) is 5.02. The van der Waals surface area contributed by atoms with E-state index in [-0.39, 0.29) is 31.3 Å². The zero-order valence-corrected chi connectivity index (χ0v) is 19.0. The molecule has 10 heteroatoms. The van der Waals surface area contributed by atoms with Crippen LogP contribution in [0.1, 0.15) is 0 Å².